The van der Waals surface area contributed by atoms with E-state index in [9.17, 15) is 0 Å². The van der Waals surface area contributed by atoms with Gasteiger partial charge in [-0.2, -0.15) is 0 Å². The molecule has 0 aromatic rings. The molecule has 0 bridgehead atoms. The Morgan fingerprint density at radius 3 is 3.00 bits per heavy atom. The molecule has 1 aliphatic rings. The first-order valence-corrected chi connectivity index (χ1v) is 4.93. The average Bonchev–Trinajstić information content (AvgIpc) is 2.50. The van der Waals surface area contributed by atoms with Gasteiger partial charge in [0.1, 0.15) is 0 Å². The zero-order chi connectivity index (χ0) is 8.81. The van der Waals surface area contributed by atoms with Crippen LogP contribution in [0.3, 0.4) is 0 Å². The highest BCUT2D eigenvalue weighted by molar-refractivity contribution is 4.78. The molecule has 0 saturated carbocycles. The molecule has 0 aromatic carbocycles. The van der Waals surface area contributed by atoms with Crippen LogP contribution in [0.1, 0.15) is 25.7 Å². The molecule has 1 aliphatic heterocycles. The first-order chi connectivity index (χ1) is 5.88. The summed E-state index contributed by atoms with van der Waals surface area (Å²) in [5, 5.41) is 8.70. The van der Waals surface area contributed by atoms with E-state index in [2.05, 4.69) is 4.90 Å². The second-order valence-electron chi connectivity index (χ2n) is 3.49. The molecule has 1 unspecified atom stereocenters. The number of rotatable bonds is 5. The van der Waals surface area contributed by atoms with E-state index in [0.717, 1.165) is 25.9 Å². The fourth-order valence-corrected chi connectivity index (χ4v) is 2.01. The van der Waals surface area contributed by atoms with Crippen molar-refractivity contribution in [3.8, 4) is 0 Å². The number of hydrogen-bond acceptors (Lipinski definition) is 3. The number of likely N-dealkylation sites (tertiary alicyclic amines) is 1. The van der Waals surface area contributed by atoms with E-state index in [0.29, 0.717) is 12.6 Å². The highest BCUT2D eigenvalue weighted by atomic mass is 16.2. The fraction of sp³-hybridized carbons (Fsp3) is 1.00. The predicted octanol–water partition coefficient (Wildman–Crippen LogP) is 0.182. The van der Waals surface area contributed by atoms with Crippen LogP contribution in [0.5, 0.6) is 0 Å². The van der Waals surface area contributed by atoms with Gasteiger partial charge in [-0.1, -0.05) is 0 Å². The molecule has 1 atom stereocenters. The second-order valence-corrected chi connectivity index (χ2v) is 3.49. The molecule has 12 heavy (non-hydrogen) atoms. The predicted molar refractivity (Wildman–Crippen MR) is 50.0 cm³/mol. The molecule has 0 amide bonds. The minimum Gasteiger partial charge on any atom is -0.396 e. The van der Waals surface area contributed by atoms with Crippen LogP contribution in [0.4, 0.5) is 0 Å². The zero-order valence-electron chi connectivity index (χ0n) is 7.71. The van der Waals surface area contributed by atoms with Crippen LogP contribution in [-0.2, 0) is 0 Å². The first kappa shape index (κ1) is 9.96. The summed E-state index contributed by atoms with van der Waals surface area (Å²) in [6.45, 7) is 3.31. The molecular formula is C9H20N2O. The number of aliphatic hydroxyl groups excluding tert-OH is 1. The molecule has 0 aliphatic carbocycles. The van der Waals surface area contributed by atoms with Crippen molar-refractivity contribution < 1.29 is 5.11 Å². The van der Waals surface area contributed by atoms with Gasteiger partial charge in [-0.15, -0.1) is 0 Å². The number of nitrogens with two attached hydrogens (primary N) is 1. The van der Waals surface area contributed by atoms with E-state index in [4.69, 9.17) is 10.8 Å². The van der Waals surface area contributed by atoms with Crippen molar-refractivity contribution in [1.82, 2.24) is 4.90 Å². The SMILES string of the molecule is NCCN1CCCC1CCCO. The summed E-state index contributed by atoms with van der Waals surface area (Å²) in [6, 6.07) is 0.695. The lowest BCUT2D eigenvalue weighted by molar-refractivity contribution is 0.220. The van der Waals surface area contributed by atoms with E-state index < -0.39 is 0 Å². The maximum Gasteiger partial charge on any atom is 0.0431 e. The summed E-state index contributed by atoms with van der Waals surface area (Å²) < 4.78 is 0. The molecule has 3 nitrogen and oxygen atoms in total. The molecule has 3 N–H and O–H groups in total. The molecule has 1 fully saturated rings. The Kier molecular flexibility index (Phi) is 4.58. The molecular weight excluding hydrogens is 152 g/mol. The van der Waals surface area contributed by atoms with Crippen LogP contribution in [0.2, 0.25) is 0 Å². The van der Waals surface area contributed by atoms with Gasteiger partial charge < -0.3 is 10.8 Å². The lowest BCUT2D eigenvalue weighted by Gasteiger charge is -2.23. The number of nitrogens with zero attached hydrogens (tertiary/aromatic N) is 1. The summed E-state index contributed by atoms with van der Waals surface area (Å²) in [6.07, 6.45) is 4.67. The second kappa shape index (κ2) is 5.51. The Hall–Kier alpha value is -0.120. The molecule has 72 valence electrons. The molecule has 0 aromatic heterocycles. The Bertz CT molecular complexity index is 119. The van der Waals surface area contributed by atoms with E-state index in [1.165, 1.54) is 19.4 Å². The molecule has 1 rings (SSSR count). The Morgan fingerprint density at radius 1 is 1.50 bits per heavy atom. The van der Waals surface area contributed by atoms with Gasteiger partial charge in [0.05, 0.1) is 0 Å². The van der Waals surface area contributed by atoms with Crippen LogP contribution in [-0.4, -0.2) is 42.3 Å². The largest absolute Gasteiger partial charge is 0.396 e. The van der Waals surface area contributed by atoms with E-state index in [1.54, 1.807) is 0 Å². The third kappa shape index (κ3) is 2.73. The Morgan fingerprint density at radius 2 is 2.33 bits per heavy atom. The van der Waals surface area contributed by atoms with Gasteiger partial charge in [-0.05, 0) is 32.2 Å². The fourth-order valence-electron chi connectivity index (χ4n) is 2.01. The maximum absolute atomic E-state index is 8.70. The normalized spacial score (nSPS) is 25.0. The summed E-state index contributed by atoms with van der Waals surface area (Å²) in [5.74, 6) is 0. The van der Waals surface area contributed by atoms with Gasteiger partial charge >= 0.3 is 0 Å². The highest BCUT2D eigenvalue weighted by Gasteiger charge is 2.22. The molecule has 1 heterocycles. The molecule has 0 spiro atoms. The van der Waals surface area contributed by atoms with E-state index >= 15 is 0 Å². The minimum absolute atomic E-state index is 0.326. The van der Waals surface area contributed by atoms with Crippen molar-refractivity contribution in [2.24, 2.45) is 5.73 Å². The molecule has 1 saturated heterocycles. The van der Waals surface area contributed by atoms with Crippen LogP contribution in [0, 0.1) is 0 Å². The lowest BCUT2D eigenvalue weighted by Crippen LogP contribution is -2.33. The summed E-state index contributed by atoms with van der Waals surface area (Å²) >= 11 is 0. The van der Waals surface area contributed by atoms with Gasteiger partial charge in [-0.3, -0.25) is 4.90 Å². The van der Waals surface area contributed by atoms with Crippen molar-refractivity contribution in [1.29, 1.82) is 0 Å². The Labute approximate surface area is 74.5 Å². The van der Waals surface area contributed by atoms with Crippen LogP contribution < -0.4 is 5.73 Å². The van der Waals surface area contributed by atoms with Crippen molar-refractivity contribution >= 4 is 0 Å². The van der Waals surface area contributed by atoms with Crippen LogP contribution >= 0.6 is 0 Å². The summed E-state index contributed by atoms with van der Waals surface area (Å²) in [7, 11) is 0. The topological polar surface area (TPSA) is 49.5 Å². The molecule has 3 heteroatoms. The smallest absolute Gasteiger partial charge is 0.0431 e. The van der Waals surface area contributed by atoms with Gasteiger partial charge in [-0.25, -0.2) is 0 Å². The molecule has 0 radical (unpaired) electrons. The average molecular weight is 172 g/mol. The summed E-state index contributed by atoms with van der Waals surface area (Å²) in [4.78, 5) is 2.45. The monoisotopic (exact) mass is 172 g/mol. The number of aliphatic hydroxyl groups is 1. The van der Waals surface area contributed by atoms with Gasteiger partial charge in [0.2, 0.25) is 0 Å². The van der Waals surface area contributed by atoms with Crippen molar-refractivity contribution in [3.63, 3.8) is 0 Å². The van der Waals surface area contributed by atoms with Gasteiger partial charge in [0, 0.05) is 25.7 Å². The minimum atomic E-state index is 0.326. The van der Waals surface area contributed by atoms with Crippen molar-refractivity contribution in [2.75, 3.05) is 26.2 Å². The van der Waals surface area contributed by atoms with Gasteiger partial charge in [0.25, 0.3) is 0 Å². The summed E-state index contributed by atoms with van der Waals surface area (Å²) in [5.41, 5.74) is 5.51. The van der Waals surface area contributed by atoms with E-state index in [-0.39, 0.29) is 0 Å². The maximum atomic E-state index is 8.70. The highest BCUT2D eigenvalue weighted by Crippen LogP contribution is 2.20. The zero-order valence-corrected chi connectivity index (χ0v) is 7.71. The third-order valence-corrected chi connectivity index (χ3v) is 2.61. The van der Waals surface area contributed by atoms with Crippen LogP contribution in [0.25, 0.3) is 0 Å². The van der Waals surface area contributed by atoms with E-state index in [1.807, 2.05) is 0 Å². The van der Waals surface area contributed by atoms with Crippen molar-refractivity contribution in [3.05, 3.63) is 0 Å². The Balaban J connectivity index is 2.20. The standard InChI is InChI=1S/C9H20N2O/c10-5-7-11-6-1-3-9(11)4-2-8-12/h9,12H,1-8,10H2. The van der Waals surface area contributed by atoms with Crippen molar-refractivity contribution in [2.45, 2.75) is 31.7 Å². The van der Waals surface area contributed by atoms with Crippen LogP contribution in [0.15, 0.2) is 0 Å². The first-order valence-electron chi connectivity index (χ1n) is 4.93. The van der Waals surface area contributed by atoms with Gasteiger partial charge in [0.15, 0.2) is 0 Å². The third-order valence-electron chi connectivity index (χ3n) is 2.61. The number of hydrogen-bond donors (Lipinski definition) is 2. The quantitative estimate of drug-likeness (QED) is 0.622. The lowest BCUT2D eigenvalue weighted by atomic mass is 10.1.